The van der Waals surface area contributed by atoms with E-state index >= 15 is 0 Å². The van der Waals surface area contributed by atoms with Crippen molar-refractivity contribution in [2.24, 2.45) is 0 Å². The minimum Gasteiger partial charge on any atom is -0.491 e. The van der Waals surface area contributed by atoms with Gasteiger partial charge >= 0.3 is 17.9 Å². The third-order valence-corrected chi connectivity index (χ3v) is 11.7. The van der Waals surface area contributed by atoms with Crippen molar-refractivity contribution in [2.45, 2.75) is 110 Å². The van der Waals surface area contributed by atoms with E-state index in [9.17, 15) is 33.6 Å². The first kappa shape index (κ1) is 56.1. The molecule has 20 nitrogen and oxygen atoms in total. The topological polar surface area (TPSA) is 264 Å². The van der Waals surface area contributed by atoms with E-state index in [4.69, 9.17) is 18.9 Å². The van der Waals surface area contributed by atoms with Crippen LogP contribution in [-0.4, -0.2) is 113 Å². The number of fused-ring (bicyclic) bond motifs is 5. The number of carbonyl (C=O) groups is 6. The molecule has 6 amide bonds. The summed E-state index contributed by atoms with van der Waals surface area (Å²) in [7, 11) is 1.41. The molecule has 75 heavy (non-hydrogen) atoms. The maximum absolute atomic E-state index is 14.6. The number of carbonyl (C=O) groups excluding carboxylic acids is 6. The molecule has 0 saturated heterocycles. The van der Waals surface area contributed by atoms with Crippen LogP contribution >= 0.6 is 0 Å². The molecule has 0 radical (unpaired) electrons. The van der Waals surface area contributed by atoms with Gasteiger partial charge in [-0.05, 0) is 132 Å². The van der Waals surface area contributed by atoms with Gasteiger partial charge in [-0.2, -0.15) is 5.10 Å². The van der Waals surface area contributed by atoms with E-state index in [2.05, 4.69) is 73.0 Å². The van der Waals surface area contributed by atoms with Crippen molar-refractivity contribution < 1.29 is 47.7 Å². The van der Waals surface area contributed by atoms with Crippen molar-refractivity contribution in [1.29, 1.82) is 0 Å². The van der Waals surface area contributed by atoms with Crippen molar-refractivity contribution in [3.05, 3.63) is 123 Å². The van der Waals surface area contributed by atoms with Crippen LogP contribution in [-0.2, 0) is 36.7 Å². The van der Waals surface area contributed by atoms with Gasteiger partial charge in [0.25, 0.3) is 5.91 Å². The number of ether oxygens (including phenoxy) is 4. The zero-order chi connectivity index (χ0) is 54.5. The second-order valence-corrected chi connectivity index (χ2v) is 20.2. The number of nitrogens with zero attached hydrogens (tertiary/aromatic N) is 2. The maximum atomic E-state index is 14.6. The van der Waals surface area contributed by atoms with E-state index < -0.39 is 77.4 Å². The van der Waals surface area contributed by atoms with Gasteiger partial charge in [0.1, 0.15) is 48.0 Å². The van der Waals surface area contributed by atoms with E-state index in [-0.39, 0.29) is 49.9 Å². The minimum atomic E-state index is -1.40. The van der Waals surface area contributed by atoms with Gasteiger partial charge in [0.05, 0.1) is 25.7 Å². The van der Waals surface area contributed by atoms with Gasteiger partial charge in [0.2, 0.25) is 17.7 Å². The van der Waals surface area contributed by atoms with Crippen molar-refractivity contribution in [3.63, 3.8) is 0 Å². The summed E-state index contributed by atoms with van der Waals surface area (Å²) >= 11 is 0. The Bertz CT molecular complexity index is 2870. The van der Waals surface area contributed by atoms with Crippen molar-refractivity contribution in [1.82, 2.24) is 46.7 Å². The van der Waals surface area contributed by atoms with Crippen molar-refractivity contribution in [2.75, 3.05) is 39.9 Å². The first-order valence-corrected chi connectivity index (χ1v) is 25.0. The van der Waals surface area contributed by atoms with E-state index in [1.165, 1.54) is 24.4 Å². The highest BCUT2D eigenvalue weighted by Crippen LogP contribution is 2.40. The standard InChI is InChI=1S/C55H69N9O11/c1-10-11-12-34-13-16-36(17-14-34)37-18-20-38(21-19-37)49(67)58-32-45(65)64(9)46-39-22-24-44(73-28-26-57-53(71)75-55(6,7)8)41(31-39)40-29-35(15-23-43(40)72-27-25-56-52(70)74-54(3,4)5)30-42(47-61-51(69)63-62-47)60-48(66)33(2)59-50(46)68/h13-24,29,31,33,42,46H,10-12,25-28,30,32H2,1-9H3,(H,56,70)(H,57,71)(H,58,67)(H,59,68)(H,60,66)(H2,61,62,63,69)/t33-,42-,46-/m0/s1. The lowest BCUT2D eigenvalue weighted by Gasteiger charge is -2.30. The van der Waals surface area contributed by atoms with Crippen LogP contribution in [0.4, 0.5) is 9.59 Å². The number of hydrogen-bond donors (Lipinski definition) is 7. The van der Waals surface area contributed by atoms with Crippen LogP contribution in [0.5, 0.6) is 11.5 Å². The Morgan fingerprint density at radius 1 is 0.720 bits per heavy atom. The number of hydrogen-bond acceptors (Lipinski definition) is 12. The largest absolute Gasteiger partial charge is 0.491 e. The fourth-order valence-electron chi connectivity index (χ4n) is 8.04. The van der Waals surface area contributed by atoms with Gasteiger partial charge < -0.3 is 50.4 Å². The predicted octanol–water partition coefficient (Wildman–Crippen LogP) is 6.43. The molecule has 0 saturated carbocycles. The number of nitrogens with one attached hydrogen (secondary N) is 7. The summed E-state index contributed by atoms with van der Waals surface area (Å²) in [6, 6.07) is 22.0. The Labute approximate surface area is 436 Å². The molecule has 20 heteroatoms. The number of unbranched alkanes of at least 4 members (excludes halogenated alkanes) is 1. The van der Waals surface area contributed by atoms with Crippen LogP contribution < -0.4 is 41.7 Å². The summed E-state index contributed by atoms with van der Waals surface area (Å²) in [5.41, 5.74) is 3.19. The highest BCUT2D eigenvalue weighted by atomic mass is 16.6. The molecule has 1 aromatic heterocycles. The van der Waals surface area contributed by atoms with Crippen LogP contribution in [0.15, 0.2) is 89.7 Å². The van der Waals surface area contributed by atoms with E-state index in [1.807, 2.05) is 12.1 Å². The average molecular weight is 1030 g/mol. The minimum absolute atomic E-state index is 0.0164. The predicted molar refractivity (Wildman–Crippen MR) is 281 cm³/mol. The van der Waals surface area contributed by atoms with Crippen molar-refractivity contribution >= 4 is 35.8 Å². The van der Waals surface area contributed by atoms with Gasteiger partial charge in [0, 0.05) is 23.7 Å². The number of alkyl carbamates (subject to hydrolysis) is 2. The molecule has 0 aliphatic carbocycles. The average Bonchev–Trinajstić information content (AvgIpc) is 3.80. The summed E-state index contributed by atoms with van der Waals surface area (Å²) in [6.45, 7) is 13.7. The highest BCUT2D eigenvalue weighted by molar-refractivity contribution is 5.98. The quantitative estimate of drug-likeness (QED) is 0.0497. The molecule has 1 aliphatic heterocycles. The van der Waals surface area contributed by atoms with Crippen LogP contribution in [0.1, 0.15) is 113 Å². The lowest BCUT2D eigenvalue weighted by atomic mass is 9.93. The number of H-pyrrole nitrogens is 2. The molecule has 6 rings (SSSR count). The third kappa shape index (κ3) is 16.4. The second-order valence-electron chi connectivity index (χ2n) is 20.2. The number of amides is 6. The van der Waals surface area contributed by atoms with Crippen LogP contribution in [0, 0.1) is 0 Å². The molecule has 0 fully saturated rings. The van der Waals surface area contributed by atoms with E-state index in [1.54, 1.807) is 90.1 Å². The lowest BCUT2D eigenvalue weighted by Crippen LogP contribution is -2.51. The van der Waals surface area contributed by atoms with Crippen LogP contribution in [0.2, 0.25) is 0 Å². The zero-order valence-electron chi connectivity index (χ0n) is 44.1. The van der Waals surface area contributed by atoms with E-state index in [0.29, 0.717) is 28.0 Å². The van der Waals surface area contributed by atoms with Gasteiger partial charge in [-0.1, -0.05) is 61.9 Å². The molecule has 4 bridgehead atoms. The highest BCUT2D eigenvalue weighted by Gasteiger charge is 2.33. The SMILES string of the molecule is CCCCc1ccc(-c2ccc(C(=O)NCC(=O)N(C)[C@@H]3C(=O)N[C@@H](C)C(=O)N[C@H](c4n[nH]c(=O)[nH]4)Cc4ccc(OCCNC(=O)OC(C)(C)C)c(c4)-c4cc3ccc4OCCNC(=O)OC(C)(C)C)cc2)cc1. The molecule has 1 aliphatic rings. The number of benzene rings is 4. The smallest absolute Gasteiger partial charge is 0.407 e. The van der Waals surface area contributed by atoms with Crippen LogP contribution in [0.25, 0.3) is 22.3 Å². The number of aromatic nitrogens is 3. The Hall–Kier alpha value is -8.16. The molecule has 0 unspecified atom stereocenters. The third-order valence-electron chi connectivity index (χ3n) is 11.7. The molecule has 3 atom stereocenters. The fourth-order valence-corrected chi connectivity index (χ4v) is 8.04. The number of aromatic amines is 2. The lowest BCUT2D eigenvalue weighted by molar-refractivity contribution is -0.139. The summed E-state index contributed by atoms with van der Waals surface area (Å²) in [5.74, 6) is -1.79. The number of aryl methyl sites for hydroxylation is 1. The van der Waals surface area contributed by atoms with Crippen LogP contribution in [0.3, 0.4) is 0 Å². The summed E-state index contributed by atoms with van der Waals surface area (Å²) in [6.07, 6.45) is 2.05. The Morgan fingerprint density at radius 3 is 1.85 bits per heavy atom. The fraction of sp³-hybridized carbons (Fsp3) is 0.418. The van der Waals surface area contributed by atoms with Gasteiger partial charge in [-0.15, -0.1) is 0 Å². The molecular formula is C55H69N9O11. The normalized spacial score (nSPS) is 15.8. The second kappa shape index (κ2) is 25.2. The van der Waals surface area contributed by atoms with Gasteiger partial charge in [-0.25, -0.2) is 19.5 Å². The first-order valence-electron chi connectivity index (χ1n) is 25.0. The Morgan fingerprint density at radius 2 is 1.29 bits per heavy atom. The first-order chi connectivity index (χ1) is 35.6. The zero-order valence-corrected chi connectivity index (χ0v) is 44.1. The molecule has 0 spiro atoms. The summed E-state index contributed by atoms with van der Waals surface area (Å²) in [5, 5.41) is 20.1. The van der Waals surface area contributed by atoms with E-state index in [0.717, 1.165) is 30.4 Å². The Kier molecular flexibility index (Phi) is 18.9. The summed E-state index contributed by atoms with van der Waals surface area (Å²) < 4.78 is 23.4. The van der Waals surface area contributed by atoms with Crippen molar-refractivity contribution in [3.8, 4) is 33.8 Å². The van der Waals surface area contributed by atoms with Gasteiger partial charge in [0.15, 0.2) is 5.82 Å². The molecule has 2 heterocycles. The maximum Gasteiger partial charge on any atom is 0.407 e. The number of rotatable bonds is 17. The molecular weight excluding hydrogens is 963 g/mol. The monoisotopic (exact) mass is 1030 g/mol. The molecule has 5 aromatic rings. The molecule has 400 valence electrons. The molecule has 7 N–H and O–H groups in total. The summed E-state index contributed by atoms with van der Waals surface area (Å²) in [4.78, 5) is 97.4. The molecule has 4 aromatic carbocycles. The number of likely N-dealkylation sites (N-methyl/N-ethyl adjacent to an activating group) is 1. The Balaban J connectivity index is 1.34. The van der Waals surface area contributed by atoms with Gasteiger partial charge in [-0.3, -0.25) is 24.2 Å².